The van der Waals surface area contributed by atoms with Gasteiger partial charge >= 0.3 is 0 Å². The van der Waals surface area contributed by atoms with Crippen molar-refractivity contribution in [3.8, 4) is 0 Å². The van der Waals surface area contributed by atoms with Crippen LogP contribution in [0.25, 0.3) is 0 Å². The Labute approximate surface area is 182 Å². The Morgan fingerprint density at radius 3 is 2.57 bits per heavy atom. The molecule has 0 heterocycles. The molecular formula is C21H26FIN4O. The maximum atomic E-state index is 14.2. The molecule has 1 saturated carbocycles. The van der Waals surface area contributed by atoms with Crippen molar-refractivity contribution < 1.29 is 9.18 Å². The van der Waals surface area contributed by atoms with Crippen molar-refractivity contribution in [1.29, 1.82) is 0 Å². The number of guanidine groups is 1. The Balaban J connectivity index is 0.00000280. The van der Waals surface area contributed by atoms with Crippen LogP contribution in [0.1, 0.15) is 41.3 Å². The van der Waals surface area contributed by atoms with Crippen molar-refractivity contribution in [2.75, 3.05) is 13.1 Å². The molecule has 0 radical (unpaired) electrons. The van der Waals surface area contributed by atoms with E-state index in [9.17, 15) is 9.18 Å². The first-order valence-electron chi connectivity index (χ1n) is 9.20. The van der Waals surface area contributed by atoms with Crippen LogP contribution in [0.4, 0.5) is 4.39 Å². The summed E-state index contributed by atoms with van der Waals surface area (Å²) >= 11 is 0. The highest BCUT2D eigenvalue weighted by Gasteiger charge is 2.45. The van der Waals surface area contributed by atoms with Crippen LogP contribution in [0, 0.1) is 5.82 Å². The SMILES string of the molecule is CCNC(=NCc1cccc(C(N)=O)c1)NCC1(c2ccccc2F)CC1.I. The third kappa shape index (κ3) is 5.43. The standard InChI is InChI=1S/C21H25FN4O.HI/c1-2-24-20(25-13-15-6-5-7-16(12-15)19(23)27)26-14-21(10-11-21)17-8-3-4-9-18(17)22;/h3-9,12H,2,10-11,13-14H2,1H3,(H2,23,27)(H2,24,25,26);1H. The Morgan fingerprint density at radius 2 is 1.93 bits per heavy atom. The molecule has 28 heavy (non-hydrogen) atoms. The summed E-state index contributed by atoms with van der Waals surface area (Å²) in [5.74, 6) is 0.0676. The summed E-state index contributed by atoms with van der Waals surface area (Å²) in [6, 6.07) is 14.1. The van der Waals surface area contributed by atoms with Crippen LogP contribution in [0.5, 0.6) is 0 Å². The maximum absolute atomic E-state index is 14.2. The third-order valence-electron chi connectivity index (χ3n) is 4.87. The highest BCUT2D eigenvalue weighted by Crippen LogP contribution is 2.48. The number of hydrogen-bond donors (Lipinski definition) is 3. The van der Waals surface area contributed by atoms with Gasteiger partial charge in [-0.2, -0.15) is 0 Å². The van der Waals surface area contributed by atoms with E-state index in [4.69, 9.17) is 5.73 Å². The Morgan fingerprint density at radius 1 is 1.18 bits per heavy atom. The van der Waals surface area contributed by atoms with Gasteiger partial charge in [-0.05, 0) is 49.1 Å². The number of nitrogens with one attached hydrogen (secondary N) is 2. The van der Waals surface area contributed by atoms with Crippen LogP contribution in [0.15, 0.2) is 53.5 Å². The molecular weight excluding hydrogens is 470 g/mol. The lowest BCUT2D eigenvalue weighted by molar-refractivity contribution is 0.1000. The Kier molecular flexibility index (Phi) is 7.79. The molecule has 4 N–H and O–H groups in total. The van der Waals surface area contributed by atoms with Gasteiger partial charge in [0.1, 0.15) is 5.82 Å². The molecule has 0 aliphatic heterocycles. The van der Waals surface area contributed by atoms with Gasteiger partial charge in [0, 0.05) is 24.1 Å². The van der Waals surface area contributed by atoms with E-state index in [1.165, 1.54) is 6.07 Å². The molecule has 1 fully saturated rings. The zero-order chi connectivity index (χ0) is 19.3. The van der Waals surface area contributed by atoms with Gasteiger partial charge in [-0.3, -0.25) is 4.79 Å². The maximum Gasteiger partial charge on any atom is 0.248 e. The van der Waals surface area contributed by atoms with E-state index in [1.54, 1.807) is 24.3 Å². The molecule has 2 aromatic rings. The normalized spacial score (nSPS) is 14.7. The van der Waals surface area contributed by atoms with Gasteiger partial charge in [0.05, 0.1) is 6.54 Å². The number of nitrogens with two attached hydrogens (primary N) is 1. The summed E-state index contributed by atoms with van der Waals surface area (Å²) in [5.41, 5.74) is 7.30. The van der Waals surface area contributed by atoms with Crippen molar-refractivity contribution in [3.63, 3.8) is 0 Å². The Hall–Kier alpha value is -2.16. The van der Waals surface area contributed by atoms with Gasteiger partial charge in [0.2, 0.25) is 5.91 Å². The summed E-state index contributed by atoms with van der Waals surface area (Å²) in [6.07, 6.45) is 1.92. The third-order valence-corrected chi connectivity index (χ3v) is 4.87. The summed E-state index contributed by atoms with van der Waals surface area (Å²) in [5, 5.41) is 6.55. The van der Waals surface area contributed by atoms with Crippen molar-refractivity contribution >= 4 is 35.8 Å². The van der Waals surface area contributed by atoms with E-state index in [0.29, 0.717) is 24.6 Å². The number of halogens is 2. The number of primary amides is 1. The molecule has 1 amide bonds. The summed E-state index contributed by atoms with van der Waals surface area (Å²) in [4.78, 5) is 15.9. The summed E-state index contributed by atoms with van der Waals surface area (Å²) in [6.45, 7) is 3.76. The van der Waals surface area contributed by atoms with Crippen molar-refractivity contribution in [1.82, 2.24) is 10.6 Å². The molecule has 150 valence electrons. The molecule has 0 spiro atoms. The molecule has 5 nitrogen and oxygen atoms in total. The second-order valence-electron chi connectivity index (χ2n) is 6.87. The van der Waals surface area contributed by atoms with Gasteiger partial charge in [0.15, 0.2) is 5.96 Å². The number of carbonyl (C=O) groups is 1. The second kappa shape index (κ2) is 9.86. The quantitative estimate of drug-likeness (QED) is 0.313. The fraction of sp³-hybridized carbons (Fsp3) is 0.333. The van der Waals surface area contributed by atoms with Gasteiger partial charge in [0.25, 0.3) is 0 Å². The van der Waals surface area contributed by atoms with E-state index in [-0.39, 0.29) is 35.2 Å². The second-order valence-corrected chi connectivity index (χ2v) is 6.87. The molecule has 0 atom stereocenters. The van der Waals surface area contributed by atoms with Crippen molar-refractivity contribution in [3.05, 3.63) is 71.0 Å². The highest BCUT2D eigenvalue weighted by atomic mass is 127. The smallest absolute Gasteiger partial charge is 0.248 e. The molecule has 1 aliphatic carbocycles. The van der Waals surface area contributed by atoms with E-state index in [2.05, 4.69) is 15.6 Å². The largest absolute Gasteiger partial charge is 0.366 e. The van der Waals surface area contributed by atoms with E-state index < -0.39 is 5.91 Å². The van der Waals surface area contributed by atoms with Gasteiger partial charge in [-0.1, -0.05) is 30.3 Å². The molecule has 3 rings (SSSR count). The van der Waals surface area contributed by atoms with Gasteiger partial charge < -0.3 is 16.4 Å². The molecule has 1 aliphatic rings. The molecule has 0 aromatic heterocycles. The first kappa shape index (κ1) is 22.1. The van der Waals surface area contributed by atoms with Crippen LogP contribution in [0.3, 0.4) is 0 Å². The number of carbonyl (C=O) groups excluding carboxylic acids is 1. The number of aliphatic imine (C=N–C) groups is 1. The molecule has 0 bridgehead atoms. The van der Waals surface area contributed by atoms with E-state index in [1.807, 2.05) is 25.1 Å². The first-order chi connectivity index (χ1) is 13.0. The zero-order valence-corrected chi connectivity index (χ0v) is 18.2. The zero-order valence-electron chi connectivity index (χ0n) is 15.9. The summed E-state index contributed by atoms with van der Waals surface area (Å²) < 4.78 is 14.2. The van der Waals surface area contributed by atoms with Crippen LogP contribution in [-0.4, -0.2) is 25.0 Å². The minimum atomic E-state index is -0.452. The number of rotatable bonds is 7. The molecule has 0 saturated heterocycles. The monoisotopic (exact) mass is 496 g/mol. The van der Waals surface area contributed by atoms with Crippen LogP contribution in [-0.2, 0) is 12.0 Å². The minimum absolute atomic E-state index is 0. The van der Waals surface area contributed by atoms with E-state index >= 15 is 0 Å². The average Bonchev–Trinajstić information content (AvgIpc) is 3.45. The van der Waals surface area contributed by atoms with Gasteiger partial charge in [-0.15, -0.1) is 24.0 Å². The van der Waals surface area contributed by atoms with Gasteiger partial charge in [-0.25, -0.2) is 9.38 Å². The highest BCUT2D eigenvalue weighted by molar-refractivity contribution is 14.0. The molecule has 0 unspecified atom stereocenters. The fourth-order valence-corrected chi connectivity index (χ4v) is 3.17. The average molecular weight is 496 g/mol. The van der Waals surface area contributed by atoms with Crippen molar-refractivity contribution in [2.24, 2.45) is 10.7 Å². The fourth-order valence-electron chi connectivity index (χ4n) is 3.17. The topological polar surface area (TPSA) is 79.5 Å². The number of benzene rings is 2. The number of amides is 1. The Bertz CT molecular complexity index is 852. The molecule has 2 aromatic carbocycles. The van der Waals surface area contributed by atoms with Crippen molar-refractivity contribution in [2.45, 2.75) is 31.7 Å². The lowest BCUT2D eigenvalue weighted by Gasteiger charge is -2.19. The number of hydrogen-bond acceptors (Lipinski definition) is 2. The number of nitrogens with zero attached hydrogens (tertiary/aromatic N) is 1. The van der Waals surface area contributed by atoms with Crippen LogP contribution in [0.2, 0.25) is 0 Å². The predicted octanol–water partition coefficient (Wildman–Crippen LogP) is 3.33. The minimum Gasteiger partial charge on any atom is -0.366 e. The van der Waals surface area contributed by atoms with Crippen LogP contribution >= 0.6 is 24.0 Å². The lowest BCUT2D eigenvalue weighted by atomic mass is 9.95. The summed E-state index contributed by atoms with van der Waals surface area (Å²) in [7, 11) is 0. The van der Waals surface area contributed by atoms with E-state index in [0.717, 1.165) is 30.5 Å². The van der Waals surface area contributed by atoms with Crippen LogP contribution < -0.4 is 16.4 Å². The first-order valence-corrected chi connectivity index (χ1v) is 9.20. The molecule has 7 heteroatoms. The predicted molar refractivity (Wildman–Crippen MR) is 121 cm³/mol. The lowest BCUT2D eigenvalue weighted by Crippen LogP contribution is -2.41.